The zero-order valence-corrected chi connectivity index (χ0v) is 8.04. The first-order valence-electron chi connectivity index (χ1n) is 4.63. The van der Waals surface area contributed by atoms with Gasteiger partial charge in [0.2, 0.25) is 0 Å². The summed E-state index contributed by atoms with van der Waals surface area (Å²) in [5.74, 6) is -1.12. The molecule has 3 rings (SSSR count). The van der Waals surface area contributed by atoms with Gasteiger partial charge in [0.05, 0.1) is 0 Å². The summed E-state index contributed by atoms with van der Waals surface area (Å²) in [5, 5.41) is 9.75. The number of carboxylic acids is 1. The first kappa shape index (κ1) is 8.84. The number of hydrogen-bond acceptors (Lipinski definition) is 4. The van der Waals surface area contributed by atoms with E-state index in [2.05, 4.69) is 9.97 Å². The SMILES string of the molecule is O=C(O)c1ncnc2c1oc1ccccc12. The Labute approximate surface area is 89.3 Å². The first-order valence-corrected chi connectivity index (χ1v) is 4.63. The van der Waals surface area contributed by atoms with Crippen LogP contribution in [0.4, 0.5) is 0 Å². The van der Waals surface area contributed by atoms with Crippen molar-refractivity contribution in [3.05, 3.63) is 36.3 Å². The van der Waals surface area contributed by atoms with Crippen molar-refractivity contribution in [2.45, 2.75) is 0 Å². The average Bonchev–Trinajstić information content (AvgIpc) is 2.67. The second-order valence-electron chi connectivity index (χ2n) is 3.30. The summed E-state index contributed by atoms with van der Waals surface area (Å²) in [6.07, 6.45) is 1.23. The number of aromatic carboxylic acids is 1. The van der Waals surface area contributed by atoms with Crippen LogP contribution in [0.25, 0.3) is 22.1 Å². The molecule has 0 atom stereocenters. The smallest absolute Gasteiger partial charge is 0.358 e. The fourth-order valence-corrected chi connectivity index (χ4v) is 1.68. The minimum atomic E-state index is -1.12. The lowest BCUT2D eigenvalue weighted by Gasteiger charge is -1.92. The molecule has 5 nitrogen and oxygen atoms in total. The van der Waals surface area contributed by atoms with E-state index in [1.165, 1.54) is 6.33 Å². The van der Waals surface area contributed by atoms with Crippen molar-refractivity contribution in [3.8, 4) is 0 Å². The van der Waals surface area contributed by atoms with Crippen LogP contribution >= 0.6 is 0 Å². The van der Waals surface area contributed by atoms with E-state index in [0.717, 1.165) is 5.39 Å². The molecular weight excluding hydrogens is 208 g/mol. The maximum atomic E-state index is 10.9. The molecule has 3 aromatic rings. The number of benzene rings is 1. The average molecular weight is 214 g/mol. The molecule has 0 aliphatic rings. The number of nitrogens with zero attached hydrogens (tertiary/aromatic N) is 2. The van der Waals surface area contributed by atoms with Gasteiger partial charge in [0.1, 0.15) is 17.4 Å². The van der Waals surface area contributed by atoms with Gasteiger partial charge in [0, 0.05) is 5.39 Å². The van der Waals surface area contributed by atoms with Gasteiger partial charge in [0.15, 0.2) is 11.3 Å². The number of fused-ring (bicyclic) bond motifs is 3. The summed E-state index contributed by atoms with van der Waals surface area (Å²) in [7, 11) is 0. The molecular formula is C11H6N2O3. The predicted molar refractivity (Wildman–Crippen MR) is 56.3 cm³/mol. The van der Waals surface area contributed by atoms with Crippen molar-refractivity contribution >= 4 is 28.0 Å². The van der Waals surface area contributed by atoms with Crippen LogP contribution in [0.3, 0.4) is 0 Å². The number of aromatic nitrogens is 2. The van der Waals surface area contributed by atoms with Crippen molar-refractivity contribution in [1.82, 2.24) is 9.97 Å². The Morgan fingerprint density at radius 1 is 1.25 bits per heavy atom. The van der Waals surface area contributed by atoms with Gasteiger partial charge in [-0.05, 0) is 12.1 Å². The van der Waals surface area contributed by atoms with Crippen LogP contribution in [0.2, 0.25) is 0 Å². The van der Waals surface area contributed by atoms with E-state index < -0.39 is 5.97 Å². The Balaban J connectivity index is 2.54. The van der Waals surface area contributed by atoms with Crippen LogP contribution in [-0.2, 0) is 0 Å². The normalized spacial score (nSPS) is 11.0. The summed E-state index contributed by atoms with van der Waals surface area (Å²) in [4.78, 5) is 18.7. The molecule has 0 fully saturated rings. The summed E-state index contributed by atoms with van der Waals surface area (Å²) in [5.41, 5.74) is 1.25. The van der Waals surface area contributed by atoms with E-state index in [1.807, 2.05) is 18.2 Å². The van der Waals surface area contributed by atoms with Crippen molar-refractivity contribution in [2.24, 2.45) is 0 Å². The van der Waals surface area contributed by atoms with Crippen LogP contribution < -0.4 is 0 Å². The van der Waals surface area contributed by atoms with Gasteiger partial charge in [0.25, 0.3) is 0 Å². The maximum Gasteiger partial charge on any atom is 0.358 e. The van der Waals surface area contributed by atoms with Gasteiger partial charge in [-0.3, -0.25) is 0 Å². The van der Waals surface area contributed by atoms with E-state index in [-0.39, 0.29) is 11.3 Å². The summed E-state index contributed by atoms with van der Waals surface area (Å²) < 4.78 is 5.44. The lowest BCUT2D eigenvalue weighted by atomic mass is 10.2. The van der Waals surface area contributed by atoms with Crippen molar-refractivity contribution in [2.75, 3.05) is 0 Å². The van der Waals surface area contributed by atoms with Crippen LogP contribution in [0, 0.1) is 0 Å². The number of furan rings is 1. The van der Waals surface area contributed by atoms with Gasteiger partial charge in [-0.1, -0.05) is 12.1 Å². The molecule has 2 heterocycles. The number of hydrogen-bond donors (Lipinski definition) is 1. The van der Waals surface area contributed by atoms with Crippen molar-refractivity contribution in [3.63, 3.8) is 0 Å². The van der Waals surface area contributed by atoms with Gasteiger partial charge in [-0.25, -0.2) is 14.8 Å². The van der Waals surface area contributed by atoms with Crippen molar-refractivity contribution < 1.29 is 14.3 Å². The maximum absolute atomic E-state index is 10.9. The number of carboxylic acid groups (broad SMARTS) is 1. The minimum absolute atomic E-state index is 0.110. The molecule has 0 saturated carbocycles. The molecule has 2 aromatic heterocycles. The third kappa shape index (κ3) is 1.08. The van der Waals surface area contributed by atoms with Crippen LogP contribution in [0.15, 0.2) is 35.0 Å². The summed E-state index contributed by atoms with van der Waals surface area (Å²) in [6, 6.07) is 7.26. The Hall–Kier alpha value is -2.43. The Kier molecular flexibility index (Phi) is 1.67. The molecule has 0 bridgehead atoms. The Morgan fingerprint density at radius 3 is 2.88 bits per heavy atom. The van der Waals surface area contributed by atoms with Gasteiger partial charge in [-0.2, -0.15) is 0 Å². The monoisotopic (exact) mass is 214 g/mol. The number of para-hydroxylation sites is 1. The molecule has 0 saturated heterocycles. The van der Waals surface area contributed by atoms with Gasteiger partial charge < -0.3 is 9.52 Å². The molecule has 0 unspecified atom stereocenters. The minimum Gasteiger partial charge on any atom is -0.476 e. The molecule has 5 heteroatoms. The molecule has 16 heavy (non-hydrogen) atoms. The predicted octanol–water partition coefficient (Wildman–Crippen LogP) is 2.07. The zero-order valence-electron chi connectivity index (χ0n) is 8.04. The van der Waals surface area contributed by atoms with Gasteiger partial charge >= 0.3 is 5.97 Å². The largest absolute Gasteiger partial charge is 0.476 e. The van der Waals surface area contributed by atoms with Crippen LogP contribution in [0.1, 0.15) is 10.5 Å². The highest BCUT2D eigenvalue weighted by atomic mass is 16.4. The topological polar surface area (TPSA) is 76.2 Å². The number of carbonyl (C=O) groups is 1. The van der Waals surface area contributed by atoms with Crippen LogP contribution in [-0.4, -0.2) is 21.0 Å². The lowest BCUT2D eigenvalue weighted by molar-refractivity contribution is 0.0691. The molecule has 1 N–H and O–H groups in total. The number of rotatable bonds is 1. The second kappa shape index (κ2) is 3.03. The van der Waals surface area contributed by atoms with E-state index in [9.17, 15) is 4.79 Å². The zero-order chi connectivity index (χ0) is 11.1. The fourth-order valence-electron chi connectivity index (χ4n) is 1.68. The molecule has 0 aliphatic carbocycles. The molecule has 78 valence electrons. The second-order valence-corrected chi connectivity index (χ2v) is 3.30. The molecule has 0 radical (unpaired) electrons. The quantitative estimate of drug-likeness (QED) is 0.671. The Morgan fingerprint density at radius 2 is 2.06 bits per heavy atom. The Bertz CT molecular complexity index is 703. The molecule has 0 spiro atoms. The highest BCUT2D eigenvalue weighted by Gasteiger charge is 2.16. The third-order valence-corrected chi connectivity index (χ3v) is 2.36. The first-order chi connectivity index (χ1) is 7.77. The molecule has 1 aromatic carbocycles. The van der Waals surface area contributed by atoms with E-state index >= 15 is 0 Å². The van der Waals surface area contributed by atoms with Gasteiger partial charge in [-0.15, -0.1) is 0 Å². The molecule has 0 aliphatic heterocycles. The van der Waals surface area contributed by atoms with Crippen LogP contribution in [0.5, 0.6) is 0 Å². The van der Waals surface area contributed by atoms with E-state index in [4.69, 9.17) is 9.52 Å². The highest BCUT2D eigenvalue weighted by molar-refractivity contribution is 6.08. The summed E-state index contributed by atoms with van der Waals surface area (Å²) in [6.45, 7) is 0. The summed E-state index contributed by atoms with van der Waals surface area (Å²) >= 11 is 0. The fraction of sp³-hybridized carbons (Fsp3) is 0. The lowest BCUT2D eigenvalue weighted by Crippen LogP contribution is -2.00. The van der Waals surface area contributed by atoms with E-state index in [1.54, 1.807) is 6.07 Å². The van der Waals surface area contributed by atoms with Crippen molar-refractivity contribution in [1.29, 1.82) is 0 Å². The highest BCUT2D eigenvalue weighted by Crippen LogP contribution is 2.27. The third-order valence-electron chi connectivity index (χ3n) is 2.36. The van der Waals surface area contributed by atoms with E-state index in [0.29, 0.717) is 11.1 Å². The standard InChI is InChI=1S/C11H6N2O3/c14-11(15)9-10-8(12-5-13-9)6-3-1-2-4-7(6)16-10/h1-5H,(H,14,15). The molecule has 0 amide bonds.